The zero-order valence-corrected chi connectivity index (χ0v) is 31.5. The van der Waals surface area contributed by atoms with Gasteiger partial charge in [-0.05, 0) is 44.0 Å². The van der Waals surface area contributed by atoms with Gasteiger partial charge in [0.05, 0.1) is 52.2 Å². The number of aromatic nitrogens is 4. The molecule has 1 aromatic carbocycles. The zero-order chi connectivity index (χ0) is 38.2. The summed E-state index contributed by atoms with van der Waals surface area (Å²) in [5, 5.41) is 12.4. The molecule has 0 spiro atoms. The molecule has 53 heavy (non-hydrogen) atoms. The van der Waals surface area contributed by atoms with Crippen LogP contribution in [0.15, 0.2) is 46.8 Å². The topological polar surface area (TPSA) is 154 Å². The molecule has 0 bridgehead atoms. The summed E-state index contributed by atoms with van der Waals surface area (Å²) in [6.45, 7) is 3.14. The van der Waals surface area contributed by atoms with Crippen LogP contribution >= 0.6 is 22.9 Å². The van der Waals surface area contributed by atoms with E-state index in [1.807, 2.05) is 9.62 Å². The minimum atomic E-state index is -3.79. The van der Waals surface area contributed by atoms with Crippen LogP contribution in [-0.4, -0.2) is 83.6 Å². The van der Waals surface area contributed by atoms with Gasteiger partial charge in [-0.1, -0.05) is 23.4 Å². The number of alkyl halides is 2. The van der Waals surface area contributed by atoms with Crippen LogP contribution in [0.1, 0.15) is 47.1 Å². The van der Waals surface area contributed by atoms with E-state index in [0.717, 1.165) is 13.2 Å². The number of hydrogen-bond donors (Lipinski definition) is 1. The van der Waals surface area contributed by atoms with E-state index in [9.17, 15) is 32.0 Å². The fraction of sp³-hybridized carbons (Fsp3) is 0.333. The number of sulfonamides is 1. The molecule has 4 aromatic heterocycles. The highest BCUT2D eigenvalue weighted by Gasteiger charge is 2.31. The monoisotopic (exact) mass is 778 g/mol. The Balaban J connectivity index is 1.32. The number of fused-ring (bicyclic) bond motifs is 2. The number of piperidine rings is 1. The minimum Gasteiger partial charge on any atom is -0.355 e. The summed E-state index contributed by atoms with van der Waals surface area (Å²) in [6.07, 6.45) is 5.05. The Morgan fingerprint density at radius 3 is 2.62 bits per heavy atom. The predicted octanol–water partition coefficient (Wildman–Crippen LogP) is 5.20. The Morgan fingerprint density at radius 2 is 1.94 bits per heavy atom. The first-order valence-corrected chi connectivity index (χ1v) is 19.5. The van der Waals surface area contributed by atoms with E-state index in [1.54, 1.807) is 43.1 Å². The standard InChI is InChI=1S/C36H33ClF2N8O4S2/c1-21-43-29-18-42-33(45(3)24-10-14-46(15-11-24)20-36(2,38)39)27(17-40)30(29)35(49)47(21)13-5-6-22-7-8-23(37)16-26(22)25-9-12-41-31-28(19-52-32(25)31)34(48)44-53(4,50)51/h7-9,12,16,18-19,24H,10-11,13-15,20H2,1-4H3,(H,44,48). The van der Waals surface area contributed by atoms with Gasteiger partial charge in [-0.25, -0.2) is 31.9 Å². The Bertz CT molecular complexity index is 2540. The van der Waals surface area contributed by atoms with Crippen molar-refractivity contribution < 1.29 is 22.0 Å². The summed E-state index contributed by atoms with van der Waals surface area (Å²) >= 11 is 7.63. The lowest BCUT2D eigenvalue weighted by molar-refractivity contribution is -0.0198. The second-order valence-corrected chi connectivity index (χ2v) is 16.0. The molecule has 0 atom stereocenters. The summed E-state index contributed by atoms with van der Waals surface area (Å²) in [5.41, 5.74) is 2.18. The normalized spacial score (nSPS) is 14.2. The minimum absolute atomic E-state index is 0.0604. The number of pyridine rings is 2. The van der Waals surface area contributed by atoms with Gasteiger partial charge in [0.1, 0.15) is 23.3 Å². The van der Waals surface area contributed by atoms with Crippen molar-refractivity contribution in [2.24, 2.45) is 0 Å². The lowest BCUT2D eigenvalue weighted by Gasteiger charge is -2.38. The van der Waals surface area contributed by atoms with Crippen LogP contribution in [0.2, 0.25) is 5.02 Å². The van der Waals surface area contributed by atoms with Crippen LogP contribution in [0.4, 0.5) is 14.6 Å². The second kappa shape index (κ2) is 14.8. The van der Waals surface area contributed by atoms with Gasteiger partial charge >= 0.3 is 0 Å². The van der Waals surface area contributed by atoms with E-state index in [2.05, 4.69) is 32.9 Å². The number of likely N-dealkylation sites (tertiary alicyclic amines) is 1. The molecule has 12 nitrogen and oxygen atoms in total. The first kappa shape index (κ1) is 37.7. The number of carbonyl (C=O) groups is 1. The summed E-state index contributed by atoms with van der Waals surface area (Å²) in [5.74, 6) is 3.29. The van der Waals surface area contributed by atoms with Crippen LogP contribution in [0, 0.1) is 30.1 Å². The molecule has 0 unspecified atom stereocenters. The van der Waals surface area contributed by atoms with Crippen molar-refractivity contribution in [2.45, 2.75) is 45.2 Å². The molecule has 1 aliphatic heterocycles. The quantitative estimate of drug-likeness (QED) is 0.208. The number of aryl methyl sites for hydroxylation is 1. The van der Waals surface area contributed by atoms with Gasteiger partial charge in [0, 0.05) is 66.4 Å². The maximum Gasteiger partial charge on any atom is 0.267 e. The molecule has 0 saturated carbocycles. The van der Waals surface area contributed by atoms with Gasteiger partial charge in [-0.15, -0.1) is 11.3 Å². The highest BCUT2D eigenvalue weighted by atomic mass is 35.5. The highest BCUT2D eigenvalue weighted by Crippen LogP contribution is 2.36. The molecule has 274 valence electrons. The van der Waals surface area contributed by atoms with Crippen molar-refractivity contribution in [1.29, 1.82) is 5.26 Å². The summed E-state index contributed by atoms with van der Waals surface area (Å²) in [7, 11) is -2.01. The average Bonchev–Trinajstić information content (AvgIpc) is 3.53. The fourth-order valence-electron chi connectivity index (χ4n) is 6.49. The van der Waals surface area contributed by atoms with E-state index in [1.165, 1.54) is 33.7 Å². The smallest absolute Gasteiger partial charge is 0.267 e. The number of thiophene rings is 1. The molecule has 1 fully saturated rings. The fourth-order valence-corrected chi connectivity index (χ4v) is 8.14. The number of nitriles is 1. The van der Waals surface area contributed by atoms with Gasteiger partial charge in [0.15, 0.2) is 0 Å². The first-order chi connectivity index (χ1) is 25.0. The van der Waals surface area contributed by atoms with Crippen molar-refractivity contribution in [3.8, 4) is 29.0 Å². The van der Waals surface area contributed by atoms with Gasteiger partial charge in [-0.3, -0.25) is 24.0 Å². The van der Waals surface area contributed by atoms with Crippen LogP contribution in [0.5, 0.6) is 0 Å². The molecule has 6 rings (SSSR count). The molecule has 0 radical (unpaired) electrons. The summed E-state index contributed by atoms with van der Waals surface area (Å²) in [6, 6.07) is 8.96. The van der Waals surface area contributed by atoms with E-state index < -0.39 is 27.4 Å². The van der Waals surface area contributed by atoms with Gasteiger partial charge in [0.25, 0.3) is 17.4 Å². The lowest BCUT2D eigenvalue weighted by Crippen LogP contribution is -2.46. The number of hydrogen-bond acceptors (Lipinski definition) is 11. The number of carbonyl (C=O) groups excluding carboxylic acids is 1. The SMILES string of the molecule is Cc1nc2cnc(N(C)C3CCN(CC(C)(F)F)CC3)c(C#N)c2c(=O)n1CC#Cc1ccc(Cl)cc1-c1ccnc2c(C(=O)NS(C)(=O)=O)csc12. The zero-order valence-electron chi connectivity index (χ0n) is 29.1. The Kier molecular flexibility index (Phi) is 10.5. The van der Waals surface area contributed by atoms with E-state index >= 15 is 0 Å². The largest absolute Gasteiger partial charge is 0.355 e. The van der Waals surface area contributed by atoms with Crippen LogP contribution < -0.4 is 15.2 Å². The summed E-state index contributed by atoms with van der Waals surface area (Å²) < 4.78 is 54.5. The van der Waals surface area contributed by atoms with Crippen molar-refractivity contribution in [3.63, 3.8) is 0 Å². The van der Waals surface area contributed by atoms with Crippen molar-refractivity contribution in [1.82, 2.24) is 29.1 Å². The van der Waals surface area contributed by atoms with Crippen LogP contribution in [0.3, 0.4) is 0 Å². The number of nitrogens with one attached hydrogen (secondary N) is 1. The maximum atomic E-state index is 14.0. The molecule has 1 aliphatic rings. The van der Waals surface area contributed by atoms with Gasteiger partial charge < -0.3 is 4.90 Å². The van der Waals surface area contributed by atoms with Crippen LogP contribution in [-0.2, 0) is 16.6 Å². The molecule has 5 aromatic rings. The molecule has 1 N–H and O–H groups in total. The molecule has 1 saturated heterocycles. The third-order valence-corrected chi connectivity index (χ3v) is 10.7. The maximum absolute atomic E-state index is 14.0. The van der Waals surface area contributed by atoms with E-state index in [-0.39, 0.29) is 41.2 Å². The first-order valence-electron chi connectivity index (χ1n) is 16.3. The number of anilines is 1. The van der Waals surface area contributed by atoms with Crippen LogP contribution in [0.25, 0.3) is 32.2 Å². The summed E-state index contributed by atoms with van der Waals surface area (Å²) in [4.78, 5) is 43.7. The number of rotatable bonds is 8. The molecule has 1 amide bonds. The molecule has 0 aliphatic carbocycles. The molecular formula is C36H33ClF2N8O4S2. The Morgan fingerprint density at radius 1 is 1.21 bits per heavy atom. The lowest BCUT2D eigenvalue weighted by atomic mass is 10.00. The number of halogens is 3. The average molecular weight is 779 g/mol. The highest BCUT2D eigenvalue weighted by molar-refractivity contribution is 7.89. The van der Waals surface area contributed by atoms with E-state index in [0.29, 0.717) is 69.5 Å². The number of benzene rings is 1. The van der Waals surface area contributed by atoms with E-state index in [4.69, 9.17) is 11.6 Å². The number of nitrogens with zero attached hydrogens (tertiary/aromatic N) is 7. The third kappa shape index (κ3) is 8.16. The predicted molar refractivity (Wildman–Crippen MR) is 201 cm³/mol. The molecule has 5 heterocycles. The van der Waals surface area contributed by atoms with Crippen molar-refractivity contribution in [3.05, 3.63) is 79.9 Å². The Hall–Kier alpha value is -5.00. The van der Waals surface area contributed by atoms with Crippen molar-refractivity contribution >= 4 is 65.8 Å². The Labute approximate surface area is 313 Å². The second-order valence-electron chi connectivity index (χ2n) is 12.9. The van der Waals surface area contributed by atoms with Crippen molar-refractivity contribution in [2.75, 3.05) is 37.8 Å². The molecule has 17 heteroatoms. The van der Waals surface area contributed by atoms with Gasteiger partial charge in [-0.2, -0.15) is 5.26 Å². The number of amides is 1. The van der Waals surface area contributed by atoms with Gasteiger partial charge in [0.2, 0.25) is 10.0 Å². The molecular weight excluding hydrogens is 746 g/mol. The third-order valence-electron chi connectivity index (χ3n) is 8.93.